The van der Waals surface area contributed by atoms with Gasteiger partial charge in [-0.05, 0) is 23.6 Å². The fourth-order valence-corrected chi connectivity index (χ4v) is 2.42. The Kier molecular flexibility index (Phi) is 2.75. The molecule has 1 N–H and O–H groups in total. The molecule has 1 aromatic heterocycles. The quantitative estimate of drug-likeness (QED) is 0.502. The lowest BCUT2D eigenvalue weighted by Crippen LogP contribution is -2.31. The van der Waals surface area contributed by atoms with E-state index in [0.29, 0.717) is 10.9 Å². The van der Waals surface area contributed by atoms with Crippen LogP contribution in [-0.2, 0) is 7.05 Å². The van der Waals surface area contributed by atoms with Crippen molar-refractivity contribution in [1.29, 1.82) is 0 Å². The molecule has 0 saturated carbocycles. The zero-order valence-corrected chi connectivity index (χ0v) is 10.7. The van der Waals surface area contributed by atoms with Crippen LogP contribution in [0.5, 0.6) is 0 Å². The van der Waals surface area contributed by atoms with Gasteiger partial charge in [-0.25, -0.2) is 4.39 Å². The lowest BCUT2D eigenvalue weighted by atomic mass is 10.1. The first kappa shape index (κ1) is 12.3. The van der Waals surface area contributed by atoms with E-state index >= 15 is 0 Å². The van der Waals surface area contributed by atoms with Crippen molar-refractivity contribution in [3.05, 3.63) is 64.0 Å². The van der Waals surface area contributed by atoms with Crippen molar-refractivity contribution in [2.45, 2.75) is 0 Å². The van der Waals surface area contributed by atoms with Crippen molar-refractivity contribution < 1.29 is 9.60 Å². The summed E-state index contributed by atoms with van der Waals surface area (Å²) >= 11 is 0. The molecule has 20 heavy (non-hydrogen) atoms. The second-order valence-electron chi connectivity index (χ2n) is 4.52. The Hall–Kier alpha value is -2.69. The van der Waals surface area contributed by atoms with Crippen LogP contribution in [0.15, 0.2) is 52.4 Å². The van der Waals surface area contributed by atoms with Crippen molar-refractivity contribution in [1.82, 2.24) is 4.57 Å². The molecule has 4 nitrogen and oxygen atoms in total. The van der Waals surface area contributed by atoms with E-state index in [1.54, 1.807) is 19.2 Å². The van der Waals surface area contributed by atoms with Crippen LogP contribution in [-0.4, -0.2) is 9.77 Å². The first-order valence-electron chi connectivity index (χ1n) is 6.03. The highest BCUT2D eigenvalue weighted by atomic mass is 19.1. The van der Waals surface area contributed by atoms with Gasteiger partial charge in [-0.1, -0.05) is 29.4 Å². The number of aromatic nitrogens is 1. The first-order chi connectivity index (χ1) is 9.63. The number of para-hydroxylation sites is 1. The second kappa shape index (κ2) is 4.45. The van der Waals surface area contributed by atoms with Crippen molar-refractivity contribution in [3.63, 3.8) is 0 Å². The Balaban J connectivity index is 2.85. The van der Waals surface area contributed by atoms with Gasteiger partial charge in [-0.2, -0.15) is 0 Å². The fourth-order valence-electron chi connectivity index (χ4n) is 2.42. The third-order valence-electron chi connectivity index (χ3n) is 3.40. The van der Waals surface area contributed by atoms with E-state index < -0.39 is 11.4 Å². The lowest BCUT2D eigenvalue weighted by Gasteiger charge is -1.99. The van der Waals surface area contributed by atoms with E-state index in [1.807, 2.05) is 18.2 Å². The highest BCUT2D eigenvalue weighted by molar-refractivity contribution is 6.04. The topological polar surface area (TPSA) is 54.6 Å². The van der Waals surface area contributed by atoms with E-state index in [2.05, 4.69) is 5.16 Å². The van der Waals surface area contributed by atoms with E-state index in [4.69, 9.17) is 5.21 Å². The summed E-state index contributed by atoms with van der Waals surface area (Å²) in [5.41, 5.74) is 0.202. The Labute approximate surface area is 113 Å². The van der Waals surface area contributed by atoms with Crippen molar-refractivity contribution >= 4 is 21.7 Å². The fraction of sp³-hybridized carbons (Fsp3) is 0.0667. The van der Waals surface area contributed by atoms with Gasteiger partial charge in [0, 0.05) is 17.8 Å². The van der Waals surface area contributed by atoms with Gasteiger partial charge in [0.2, 0.25) is 0 Å². The Bertz CT molecular complexity index is 961. The van der Waals surface area contributed by atoms with Crippen LogP contribution in [0.25, 0.3) is 21.7 Å². The molecule has 0 amide bonds. The predicted molar refractivity (Wildman–Crippen MR) is 74.0 cm³/mol. The number of aryl methyl sites for hydroxylation is 1. The minimum absolute atomic E-state index is 0.168. The average Bonchev–Trinajstić information content (AvgIpc) is 2.55. The molecule has 1 heterocycles. The molecule has 0 atom stereocenters. The number of hydrogen-bond donors (Lipinski definition) is 1. The van der Waals surface area contributed by atoms with Gasteiger partial charge < -0.3 is 9.77 Å². The van der Waals surface area contributed by atoms with Crippen molar-refractivity contribution in [2.24, 2.45) is 12.2 Å². The van der Waals surface area contributed by atoms with E-state index in [9.17, 15) is 9.18 Å². The smallest absolute Gasteiger partial charge is 0.280 e. The maximum Gasteiger partial charge on any atom is 0.280 e. The van der Waals surface area contributed by atoms with Crippen LogP contribution in [0.1, 0.15) is 0 Å². The molecule has 0 aliphatic heterocycles. The molecular formula is C15H11FN2O2. The van der Waals surface area contributed by atoms with E-state index in [-0.39, 0.29) is 10.7 Å². The van der Waals surface area contributed by atoms with Gasteiger partial charge in [0.05, 0.1) is 5.52 Å². The monoisotopic (exact) mass is 270 g/mol. The third-order valence-corrected chi connectivity index (χ3v) is 3.40. The molecule has 0 radical (unpaired) electrons. The van der Waals surface area contributed by atoms with Gasteiger partial charge in [0.15, 0.2) is 5.36 Å². The van der Waals surface area contributed by atoms with Gasteiger partial charge in [0.25, 0.3) is 5.56 Å². The maximum absolute atomic E-state index is 13.5. The molecule has 0 aliphatic carbocycles. The molecule has 0 fully saturated rings. The van der Waals surface area contributed by atoms with E-state index in [1.165, 1.54) is 16.7 Å². The zero-order chi connectivity index (χ0) is 14.3. The summed E-state index contributed by atoms with van der Waals surface area (Å²) in [7, 11) is 1.59. The van der Waals surface area contributed by atoms with Crippen LogP contribution in [0.4, 0.5) is 4.39 Å². The van der Waals surface area contributed by atoms with Crippen LogP contribution < -0.4 is 10.9 Å². The van der Waals surface area contributed by atoms with Gasteiger partial charge in [-0.3, -0.25) is 4.79 Å². The van der Waals surface area contributed by atoms with Crippen molar-refractivity contribution in [3.8, 4) is 0 Å². The number of benzene rings is 2. The molecule has 0 saturated heterocycles. The Morgan fingerprint density at radius 3 is 2.60 bits per heavy atom. The molecule has 3 rings (SSSR count). The normalized spacial score (nSPS) is 12.2. The molecule has 0 bridgehead atoms. The molecule has 3 aromatic rings. The van der Waals surface area contributed by atoms with Crippen LogP contribution in [0.3, 0.4) is 0 Å². The van der Waals surface area contributed by atoms with Gasteiger partial charge in [0.1, 0.15) is 5.82 Å². The maximum atomic E-state index is 13.5. The Morgan fingerprint density at radius 2 is 1.85 bits per heavy atom. The molecule has 2 aromatic carbocycles. The number of halogens is 1. The summed E-state index contributed by atoms with van der Waals surface area (Å²) < 4.78 is 14.9. The summed E-state index contributed by atoms with van der Waals surface area (Å²) in [5.74, 6) is -0.486. The summed E-state index contributed by atoms with van der Waals surface area (Å²) in [6.45, 7) is 0. The van der Waals surface area contributed by atoms with Crippen LogP contribution in [0, 0.1) is 5.82 Å². The van der Waals surface area contributed by atoms with E-state index in [0.717, 1.165) is 5.39 Å². The predicted octanol–water partition coefficient (Wildman–Crippen LogP) is 2.12. The molecule has 0 unspecified atom stereocenters. The molecule has 0 spiro atoms. The standard InChI is InChI=1S/C15H11FN2O2/c1-18-13-5-3-2-4-11(13)10-7-6-9(16)8-12(10)14(17-20)15(18)19/h2-8,20H,1H3/b17-14-. The Morgan fingerprint density at radius 1 is 1.10 bits per heavy atom. The zero-order valence-electron chi connectivity index (χ0n) is 10.7. The summed E-state index contributed by atoms with van der Waals surface area (Å²) in [6, 6.07) is 11.4. The highest BCUT2D eigenvalue weighted by Crippen LogP contribution is 2.20. The number of rotatable bonds is 0. The largest absolute Gasteiger partial charge is 0.410 e. The summed E-state index contributed by atoms with van der Waals surface area (Å²) in [4.78, 5) is 12.3. The van der Waals surface area contributed by atoms with Crippen molar-refractivity contribution in [2.75, 3.05) is 0 Å². The number of fused-ring (bicyclic) bond motifs is 3. The summed E-state index contributed by atoms with van der Waals surface area (Å²) in [6.07, 6.45) is 0. The second-order valence-corrected chi connectivity index (χ2v) is 4.52. The van der Waals surface area contributed by atoms with Crippen LogP contribution >= 0.6 is 0 Å². The average molecular weight is 270 g/mol. The number of hydrogen-bond acceptors (Lipinski definition) is 3. The minimum Gasteiger partial charge on any atom is -0.410 e. The van der Waals surface area contributed by atoms with Gasteiger partial charge >= 0.3 is 0 Å². The number of nitrogens with zero attached hydrogens (tertiary/aromatic N) is 2. The molecular weight excluding hydrogens is 259 g/mol. The molecule has 5 heteroatoms. The van der Waals surface area contributed by atoms with Crippen LogP contribution in [0.2, 0.25) is 0 Å². The third kappa shape index (κ3) is 1.67. The van der Waals surface area contributed by atoms with Gasteiger partial charge in [-0.15, -0.1) is 0 Å². The summed E-state index contributed by atoms with van der Waals surface area (Å²) in [5, 5.41) is 13.8. The molecule has 0 aliphatic rings. The minimum atomic E-state index is -0.486. The lowest BCUT2D eigenvalue weighted by molar-refractivity contribution is 0.301. The SMILES string of the molecule is Cn1c(=O)/c(=N\O)c2cc(F)ccc2c2ccccc21. The molecule has 100 valence electrons. The highest BCUT2D eigenvalue weighted by Gasteiger charge is 2.08. The first-order valence-corrected chi connectivity index (χ1v) is 6.03.